The van der Waals surface area contributed by atoms with Gasteiger partial charge >= 0.3 is 0 Å². The molecule has 14 heavy (non-hydrogen) atoms. The van der Waals surface area contributed by atoms with Gasteiger partial charge in [0.05, 0.1) is 15.3 Å². The zero-order valence-electron chi connectivity index (χ0n) is 7.37. The molecule has 1 amide bonds. The van der Waals surface area contributed by atoms with Crippen LogP contribution in [-0.4, -0.2) is 23.2 Å². The van der Waals surface area contributed by atoms with Gasteiger partial charge in [-0.2, -0.15) is 0 Å². The van der Waals surface area contributed by atoms with E-state index in [1.54, 1.807) is 12.1 Å². The zero-order valence-corrected chi connectivity index (χ0v) is 8.94. The van der Waals surface area contributed by atoms with Gasteiger partial charge in [0.1, 0.15) is 0 Å². The van der Waals surface area contributed by atoms with Gasteiger partial charge in [-0.1, -0.05) is 11.6 Å². The Morgan fingerprint density at radius 2 is 2.29 bits per heavy atom. The average Bonchev–Trinajstić information content (AvgIpc) is 2.49. The molecule has 1 aliphatic carbocycles. The van der Waals surface area contributed by atoms with Gasteiger partial charge in [0.15, 0.2) is 0 Å². The van der Waals surface area contributed by atoms with Gasteiger partial charge in [-0.25, -0.2) is 0 Å². The van der Waals surface area contributed by atoms with E-state index in [2.05, 4.69) is 5.32 Å². The maximum absolute atomic E-state index is 11.5. The lowest BCUT2D eigenvalue weighted by molar-refractivity contribution is 0.0564. The van der Waals surface area contributed by atoms with Crippen molar-refractivity contribution in [2.75, 3.05) is 0 Å². The predicted molar refractivity (Wildman–Crippen MR) is 55.8 cm³/mol. The predicted octanol–water partition coefficient (Wildman–Crippen LogP) is 1.65. The van der Waals surface area contributed by atoms with Crippen LogP contribution in [0, 0.1) is 0 Å². The number of aliphatic hydroxyl groups is 1. The van der Waals surface area contributed by atoms with Crippen LogP contribution in [0.4, 0.5) is 0 Å². The summed E-state index contributed by atoms with van der Waals surface area (Å²) >= 11 is 6.97. The summed E-state index contributed by atoms with van der Waals surface area (Å²) in [6.07, 6.45) is 1.07. The summed E-state index contributed by atoms with van der Waals surface area (Å²) in [5.41, 5.74) is 0. The molecule has 0 atom stereocenters. The molecular weight excluding hydrogens is 222 g/mol. The quantitative estimate of drug-likeness (QED) is 0.813. The fraction of sp³-hybridized carbons (Fsp3) is 0.444. The summed E-state index contributed by atoms with van der Waals surface area (Å²) in [7, 11) is 0. The lowest BCUT2D eigenvalue weighted by atomic mass is 9.89. The molecule has 1 saturated carbocycles. The number of hydrogen-bond donors (Lipinski definition) is 2. The van der Waals surface area contributed by atoms with Gasteiger partial charge in [0.25, 0.3) is 5.91 Å². The van der Waals surface area contributed by atoms with Crippen LogP contribution in [0.15, 0.2) is 12.1 Å². The van der Waals surface area contributed by atoms with Gasteiger partial charge in [0.2, 0.25) is 0 Å². The second-order valence-corrected chi connectivity index (χ2v) is 5.11. The van der Waals surface area contributed by atoms with E-state index in [4.69, 9.17) is 16.7 Å². The highest BCUT2D eigenvalue weighted by Crippen LogP contribution is 2.23. The van der Waals surface area contributed by atoms with Crippen molar-refractivity contribution in [3.05, 3.63) is 21.3 Å². The third kappa shape index (κ3) is 2.08. The Bertz CT molecular complexity index is 346. The molecule has 1 aliphatic rings. The van der Waals surface area contributed by atoms with E-state index in [0.29, 0.717) is 22.1 Å². The molecular formula is C9H10ClNO2S. The van der Waals surface area contributed by atoms with Crippen LogP contribution < -0.4 is 5.32 Å². The second kappa shape index (κ2) is 3.88. The molecule has 0 saturated heterocycles. The number of nitrogens with one attached hydrogen (secondary N) is 1. The molecule has 1 aromatic rings. The number of halogens is 1. The third-order valence-electron chi connectivity index (χ3n) is 2.25. The van der Waals surface area contributed by atoms with Crippen LogP contribution in [0.5, 0.6) is 0 Å². The first-order chi connectivity index (χ1) is 6.65. The second-order valence-electron chi connectivity index (χ2n) is 3.40. The Hall–Kier alpha value is -0.580. The van der Waals surface area contributed by atoms with Crippen LogP contribution in [0.2, 0.25) is 4.34 Å². The van der Waals surface area contributed by atoms with Crippen LogP contribution in [0.3, 0.4) is 0 Å². The van der Waals surface area contributed by atoms with Crippen LogP contribution in [-0.2, 0) is 0 Å². The number of rotatable bonds is 2. The van der Waals surface area contributed by atoms with Crippen molar-refractivity contribution in [3.63, 3.8) is 0 Å². The monoisotopic (exact) mass is 231 g/mol. The van der Waals surface area contributed by atoms with Crippen molar-refractivity contribution in [1.82, 2.24) is 5.32 Å². The summed E-state index contributed by atoms with van der Waals surface area (Å²) < 4.78 is 0.615. The summed E-state index contributed by atoms with van der Waals surface area (Å²) in [5, 5.41) is 11.9. The van der Waals surface area contributed by atoms with Crippen LogP contribution in [0.1, 0.15) is 22.5 Å². The molecule has 3 nitrogen and oxygen atoms in total. The average molecular weight is 232 g/mol. The SMILES string of the molecule is O=C(NC1CC(O)C1)c1ccc(Cl)s1. The molecule has 0 spiro atoms. The Morgan fingerprint density at radius 3 is 2.79 bits per heavy atom. The minimum Gasteiger partial charge on any atom is -0.393 e. The molecule has 0 bridgehead atoms. The first-order valence-corrected chi connectivity index (χ1v) is 5.59. The number of carbonyl (C=O) groups excluding carboxylic acids is 1. The van der Waals surface area contributed by atoms with Gasteiger partial charge in [-0.05, 0) is 25.0 Å². The molecule has 0 unspecified atom stereocenters. The maximum Gasteiger partial charge on any atom is 0.261 e. The Balaban J connectivity index is 1.90. The van der Waals surface area contributed by atoms with Gasteiger partial charge in [-0.15, -0.1) is 11.3 Å². The van der Waals surface area contributed by atoms with Crippen LogP contribution in [0.25, 0.3) is 0 Å². The molecule has 1 fully saturated rings. The Kier molecular flexibility index (Phi) is 2.76. The lowest BCUT2D eigenvalue weighted by Gasteiger charge is -2.31. The smallest absolute Gasteiger partial charge is 0.261 e. The summed E-state index contributed by atoms with van der Waals surface area (Å²) in [4.78, 5) is 12.1. The van der Waals surface area contributed by atoms with E-state index in [0.717, 1.165) is 0 Å². The van der Waals surface area contributed by atoms with E-state index in [-0.39, 0.29) is 18.1 Å². The minimum absolute atomic E-state index is 0.0983. The number of thiophene rings is 1. The van der Waals surface area contributed by atoms with Crippen molar-refractivity contribution in [1.29, 1.82) is 0 Å². The normalized spacial score (nSPS) is 25.6. The van der Waals surface area contributed by atoms with E-state index in [1.165, 1.54) is 11.3 Å². The topological polar surface area (TPSA) is 49.3 Å². The molecule has 5 heteroatoms. The van der Waals surface area contributed by atoms with Gasteiger partial charge in [0, 0.05) is 6.04 Å². The fourth-order valence-electron chi connectivity index (χ4n) is 1.40. The largest absolute Gasteiger partial charge is 0.393 e. The van der Waals surface area contributed by atoms with E-state index in [9.17, 15) is 4.79 Å². The number of hydrogen-bond acceptors (Lipinski definition) is 3. The molecule has 0 radical (unpaired) electrons. The van der Waals surface area contributed by atoms with E-state index in [1.807, 2.05) is 0 Å². The lowest BCUT2D eigenvalue weighted by Crippen LogP contribution is -2.46. The molecule has 2 rings (SSSR count). The number of carbonyl (C=O) groups is 1. The molecule has 76 valence electrons. The first kappa shape index (κ1) is 9.96. The number of aliphatic hydroxyl groups excluding tert-OH is 1. The van der Waals surface area contributed by atoms with Crippen molar-refractivity contribution in [2.24, 2.45) is 0 Å². The Morgan fingerprint density at radius 1 is 1.57 bits per heavy atom. The first-order valence-electron chi connectivity index (χ1n) is 4.39. The zero-order chi connectivity index (χ0) is 10.1. The van der Waals surface area contributed by atoms with Crippen molar-refractivity contribution >= 4 is 28.8 Å². The van der Waals surface area contributed by atoms with Crippen molar-refractivity contribution in [2.45, 2.75) is 25.0 Å². The summed E-state index contributed by atoms with van der Waals surface area (Å²) in [6, 6.07) is 3.53. The summed E-state index contributed by atoms with van der Waals surface area (Å²) in [5.74, 6) is -0.0983. The highest BCUT2D eigenvalue weighted by Gasteiger charge is 2.28. The van der Waals surface area contributed by atoms with Crippen molar-refractivity contribution in [3.8, 4) is 0 Å². The van der Waals surface area contributed by atoms with E-state index < -0.39 is 0 Å². The molecule has 1 heterocycles. The summed E-state index contributed by atoms with van der Waals surface area (Å²) in [6.45, 7) is 0. The standard InChI is InChI=1S/C9H10ClNO2S/c10-8-2-1-7(14-8)9(13)11-5-3-6(12)4-5/h1-2,5-6,12H,3-4H2,(H,11,13). The number of amides is 1. The third-order valence-corrected chi connectivity index (χ3v) is 3.48. The molecule has 2 N–H and O–H groups in total. The maximum atomic E-state index is 11.5. The van der Waals surface area contributed by atoms with Crippen molar-refractivity contribution < 1.29 is 9.90 Å². The highest BCUT2D eigenvalue weighted by molar-refractivity contribution is 7.17. The highest BCUT2D eigenvalue weighted by atomic mass is 35.5. The van der Waals surface area contributed by atoms with Gasteiger partial charge < -0.3 is 10.4 Å². The van der Waals surface area contributed by atoms with E-state index >= 15 is 0 Å². The molecule has 1 aromatic heterocycles. The molecule has 0 aliphatic heterocycles. The molecule has 0 aromatic carbocycles. The minimum atomic E-state index is -0.243. The van der Waals surface area contributed by atoms with Crippen LogP contribution >= 0.6 is 22.9 Å². The fourth-order valence-corrected chi connectivity index (χ4v) is 2.34. The van der Waals surface area contributed by atoms with Gasteiger partial charge in [-0.3, -0.25) is 4.79 Å². The Labute approximate surface area is 90.7 Å².